The first-order valence-corrected chi connectivity index (χ1v) is 7.82. The summed E-state index contributed by atoms with van der Waals surface area (Å²) in [5.41, 5.74) is 1.95. The number of aromatic nitrogens is 2. The van der Waals surface area contributed by atoms with Crippen molar-refractivity contribution < 1.29 is 4.74 Å². The van der Waals surface area contributed by atoms with Gasteiger partial charge in [0.25, 0.3) is 0 Å². The molecule has 1 N–H and O–H groups in total. The van der Waals surface area contributed by atoms with Crippen molar-refractivity contribution in [3.8, 4) is 0 Å². The van der Waals surface area contributed by atoms with Crippen LogP contribution in [0.3, 0.4) is 0 Å². The van der Waals surface area contributed by atoms with E-state index in [0.717, 1.165) is 42.3 Å². The first-order valence-electron chi connectivity index (χ1n) is 7.44. The Bertz CT molecular complexity index is 427. The van der Waals surface area contributed by atoms with Crippen LogP contribution in [0.1, 0.15) is 44.9 Å². The molecule has 0 radical (unpaired) electrons. The highest BCUT2D eigenvalue weighted by Gasteiger charge is 2.36. The molecule has 1 aromatic rings. The second-order valence-corrected chi connectivity index (χ2v) is 5.59. The number of hydrogen-bond donors (Lipinski definition) is 1. The number of ether oxygens (including phenoxy) is 1. The Labute approximate surface area is 127 Å². The smallest absolute Gasteiger partial charge is 0.130 e. The van der Waals surface area contributed by atoms with E-state index < -0.39 is 0 Å². The minimum atomic E-state index is -0.158. The van der Waals surface area contributed by atoms with E-state index in [2.05, 4.69) is 31.2 Å². The Morgan fingerprint density at radius 1 is 1.35 bits per heavy atom. The number of rotatable bonds is 8. The van der Waals surface area contributed by atoms with Gasteiger partial charge in [-0.1, -0.05) is 25.4 Å². The summed E-state index contributed by atoms with van der Waals surface area (Å²) in [6.07, 6.45) is 2.77. The quantitative estimate of drug-likeness (QED) is 0.802. The van der Waals surface area contributed by atoms with Crippen LogP contribution in [0.2, 0.25) is 5.15 Å². The van der Waals surface area contributed by atoms with Crippen LogP contribution < -0.4 is 5.32 Å². The molecule has 0 saturated carbocycles. The van der Waals surface area contributed by atoms with Crippen molar-refractivity contribution in [3.05, 3.63) is 16.4 Å². The van der Waals surface area contributed by atoms with Crippen LogP contribution in [-0.2, 0) is 18.2 Å². The average Bonchev–Trinajstić information content (AvgIpc) is 2.68. The second kappa shape index (κ2) is 7.43. The summed E-state index contributed by atoms with van der Waals surface area (Å²) in [5.74, 6) is 0. The highest BCUT2D eigenvalue weighted by Crippen LogP contribution is 2.30. The zero-order chi connectivity index (χ0) is 15.3. The zero-order valence-electron chi connectivity index (χ0n) is 13.6. The molecule has 0 fully saturated rings. The van der Waals surface area contributed by atoms with E-state index in [1.54, 1.807) is 4.68 Å². The highest BCUT2D eigenvalue weighted by molar-refractivity contribution is 6.30. The third kappa shape index (κ3) is 3.35. The fraction of sp³-hybridized carbons (Fsp3) is 0.800. The number of nitrogens with one attached hydrogen (secondary N) is 1. The second-order valence-electron chi connectivity index (χ2n) is 5.23. The molecule has 0 aromatic carbocycles. The van der Waals surface area contributed by atoms with Gasteiger partial charge in [-0.25, -0.2) is 0 Å². The lowest BCUT2D eigenvalue weighted by Crippen LogP contribution is -2.52. The minimum Gasteiger partial charge on any atom is -0.374 e. The van der Waals surface area contributed by atoms with Crippen molar-refractivity contribution in [2.24, 2.45) is 7.05 Å². The molecule has 0 aliphatic heterocycles. The van der Waals surface area contributed by atoms with Crippen molar-refractivity contribution in [1.29, 1.82) is 0 Å². The Balaban J connectivity index is 3.06. The van der Waals surface area contributed by atoms with Crippen LogP contribution in [0, 0.1) is 6.92 Å². The fourth-order valence-corrected chi connectivity index (χ4v) is 3.25. The first-order chi connectivity index (χ1) is 9.45. The average molecular weight is 302 g/mol. The lowest BCUT2D eigenvalue weighted by molar-refractivity contribution is -0.0703. The zero-order valence-corrected chi connectivity index (χ0v) is 14.3. The van der Waals surface area contributed by atoms with Gasteiger partial charge < -0.3 is 10.1 Å². The molecule has 5 heteroatoms. The number of likely N-dealkylation sites (N-methyl/N-ethyl adjacent to an activating group) is 1. The fourth-order valence-electron chi connectivity index (χ4n) is 3.00. The van der Waals surface area contributed by atoms with Gasteiger partial charge in [0.1, 0.15) is 5.15 Å². The molecule has 116 valence electrons. The molecular formula is C15H28ClN3O. The maximum absolute atomic E-state index is 6.36. The van der Waals surface area contributed by atoms with Gasteiger partial charge in [0.2, 0.25) is 0 Å². The van der Waals surface area contributed by atoms with Crippen LogP contribution in [0.4, 0.5) is 0 Å². The van der Waals surface area contributed by atoms with E-state index >= 15 is 0 Å². The predicted octanol–water partition coefficient (Wildman–Crippen LogP) is 3.11. The molecule has 4 nitrogen and oxygen atoms in total. The molecule has 1 heterocycles. The van der Waals surface area contributed by atoms with Crippen LogP contribution in [0.15, 0.2) is 0 Å². The lowest BCUT2D eigenvalue weighted by atomic mass is 9.84. The molecular weight excluding hydrogens is 274 g/mol. The minimum absolute atomic E-state index is 0.158. The van der Waals surface area contributed by atoms with Gasteiger partial charge in [-0.15, -0.1) is 0 Å². The van der Waals surface area contributed by atoms with Gasteiger partial charge in [-0.3, -0.25) is 4.68 Å². The van der Waals surface area contributed by atoms with Crippen LogP contribution in [0.25, 0.3) is 0 Å². The Morgan fingerprint density at radius 3 is 2.30 bits per heavy atom. The largest absolute Gasteiger partial charge is 0.374 e. The van der Waals surface area contributed by atoms with Gasteiger partial charge in [0.15, 0.2) is 0 Å². The van der Waals surface area contributed by atoms with Gasteiger partial charge in [0.05, 0.1) is 11.3 Å². The van der Waals surface area contributed by atoms with Gasteiger partial charge >= 0.3 is 0 Å². The molecule has 0 aliphatic carbocycles. The van der Waals surface area contributed by atoms with Crippen LogP contribution >= 0.6 is 11.6 Å². The first kappa shape index (κ1) is 17.5. The Hall–Kier alpha value is -0.580. The maximum Gasteiger partial charge on any atom is 0.130 e. The SMILES string of the molecule is CCOC(CC)(CC)C(Cc1c(C)nn(C)c1Cl)NC. The molecule has 0 saturated heterocycles. The standard InChI is InChI=1S/C15H28ClN3O/c1-7-15(8-2,20-9-3)13(17-5)10-12-11(4)18-19(6)14(12)16/h13,17H,7-10H2,1-6H3. The molecule has 0 bridgehead atoms. The number of aryl methyl sites for hydroxylation is 2. The van der Waals surface area contributed by atoms with Crippen molar-refractivity contribution in [2.45, 2.75) is 58.6 Å². The molecule has 0 aliphatic rings. The van der Waals surface area contributed by atoms with Crippen molar-refractivity contribution in [3.63, 3.8) is 0 Å². The normalized spacial score (nSPS) is 13.8. The third-order valence-electron chi connectivity index (χ3n) is 4.29. The van der Waals surface area contributed by atoms with Gasteiger partial charge in [0, 0.05) is 25.3 Å². The monoisotopic (exact) mass is 301 g/mol. The summed E-state index contributed by atoms with van der Waals surface area (Å²) < 4.78 is 7.84. The van der Waals surface area contributed by atoms with Gasteiger partial charge in [-0.2, -0.15) is 5.10 Å². The topological polar surface area (TPSA) is 39.1 Å². The van der Waals surface area contributed by atoms with E-state index in [1.807, 2.05) is 21.0 Å². The summed E-state index contributed by atoms with van der Waals surface area (Å²) >= 11 is 6.36. The van der Waals surface area contributed by atoms with Gasteiger partial charge in [-0.05, 0) is 40.2 Å². The predicted molar refractivity (Wildman–Crippen MR) is 84.4 cm³/mol. The molecule has 1 unspecified atom stereocenters. The van der Waals surface area contributed by atoms with E-state index in [1.165, 1.54) is 0 Å². The number of hydrogen-bond acceptors (Lipinski definition) is 3. The van der Waals surface area contributed by atoms with Crippen molar-refractivity contribution >= 4 is 11.6 Å². The molecule has 0 amide bonds. The van der Waals surface area contributed by atoms with Crippen molar-refractivity contribution in [1.82, 2.24) is 15.1 Å². The maximum atomic E-state index is 6.36. The molecule has 0 spiro atoms. The Morgan fingerprint density at radius 2 is 1.95 bits per heavy atom. The summed E-state index contributed by atoms with van der Waals surface area (Å²) in [6.45, 7) is 9.14. The summed E-state index contributed by atoms with van der Waals surface area (Å²) in [5, 5.41) is 8.54. The molecule has 1 aromatic heterocycles. The highest BCUT2D eigenvalue weighted by atomic mass is 35.5. The van der Waals surface area contributed by atoms with E-state index in [4.69, 9.17) is 16.3 Å². The number of halogens is 1. The van der Waals surface area contributed by atoms with E-state index in [9.17, 15) is 0 Å². The molecule has 1 atom stereocenters. The Kier molecular flexibility index (Phi) is 6.49. The summed E-state index contributed by atoms with van der Waals surface area (Å²) in [6, 6.07) is 0.220. The third-order valence-corrected chi connectivity index (χ3v) is 4.76. The molecule has 1 rings (SSSR count). The summed E-state index contributed by atoms with van der Waals surface area (Å²) in [4.78, 5) is 0. The van der Waals surface area contributed by atoms with E-state index in [0.29, 0.717) is 0 Å². The van der Waals surface area contributed by atoms with Crippen molar-refractivity contribution in [2.75, 3.05) is 13.7 Å². The number of nitrogens with zero attached hydrogens (tertiary/aromatic N) is 2. The molecule has 20 heavy (non-hydrogen) atoms. The van der Waals surface area contributed by atoms with Crippen LogP contribution in [-0.4, -0.2) is 35.1 Å². The van der Waals surface area contributed by atoms with Crippen LogP contribution in [0.5, 0.6) is 0 Å². The van der Waals surface area contributed by atoms with E-state index in [-0.39, 0.29) is 11.6 Å². The summed E-state index contributed by atoms with van der Waals surface area (Å²) in [7, 11) is 3.87. The lowest BCUT2D eigenvalue weighted by Gasteiger charge is -2.39.